The van der Waals surface area contributed by atoms with E-state index < -0.39 is 23.9 Å². The Balaban J connectivity index is 2.91. The summed E-state index contributed by atoms with van der Waals surface area (Å²) in [4.78, 5) is 22.5. The first kappa shape index (κ1) is 14.5. The van der Waals surface area contributed by atoms with Gasteiger partial charge in [0.2, 0.25) is 0 Å². The minimum Gasteiger partial charge on any atom is -0.478 e. The topological polar surface area (TPSA) is 78.4 Å². The van der Waals surface area contributed by atoms with Gasteiger partial charge in [0.25, 0.3) is 0 Å². The van der Waals surface area contributed by atoms with Gasteiger partial charge in [0.1, 0.15) is 5.82 Å². The Bertz CT molecular complexity index is 537. The Morgan fingerprint density at radius 1 is 1.53 bits per heavy atom. The molecule has 19 heavy (non-hydrogen) atoms. The molecule has 100 valence electrons. The molecule has 1 unspecified atom stereocenters. The molecular formula is C13H13FN2O3. The van der Waals surface area contributed by atoms with Crippen molar-refractivity contribution < 1.29 is 19.1 Å². The Morgan fingerprint density at radius 3 is 2.74 bits per heavy atom. The van der Waals surface area contributed by atoms with Gasteiger partial charge in [-0.15, -0.1) is 6.42 Å². The molecule has 1 rings (SSSR count). The van der Waals surface area contributed by atoms with Crippen molar-refractivity contribution in [2.24, 2.45) is 0 Å². The van der Waals surface area contributed by atoms with Crippen molar-refractivity contribution in [1.29, 1.82) is 0 Å². The predicted molar refractivity (Wildman–Crippen MR) is 68.4 cm³/mol. The largest absolute Gasteiger partial charge is 0.478 e. The molecule has 0 bridgehead atoms. The first-order valence-corrected chi connectivity index (χ1v) is 5.55. The molecule has 0 saturated carbocycles. The summed E-state index contributed by atoms with van der Waals surface area (Å²) in [7, 11) is 0. The van der Waals surface area contributed by atoms with E-state index in [0.29, 0.717) is 6.42 Å². The number of amides is 2. The van der Waals surface area contributed by atoms with Crippen LogP contribution in [0, 0.1) is 18.2 Å². The monoisotopic (exact) mass is 264 g/mol. The maximum absolute atomic E-state index is 13.5. The number of hydrogen-bond acceptors (Lipinski definition) is 2. The molecule has 1 aromatic carbocycles. The number of para-hydroxylation sites is 1. The zero-order valence-electron chi connectivity index (χ0n) is 10.2. The van der Waals surface area contributed by atoms with E-state index >= 15 is 0 Å². The number of carbonyl (C=O) groups excluding carboxylic acids is 1. The Labute approximate surface area is 109 Å². The predicted octanol–water partition coefficient (Wildman–Crippen LogP) is 2.06. The SMILES string of the molecule is C#CC(CC)NC(=O)Nc1c(F)cccc1C(=O)O. The molecule has 0 saturated heterocycles. The lowest BCUT2D eigenvalue weighted by molar-refractivity contribution is 0.0697. The molecular weight excluding hydrogens is 251 g/mol. The minimum atomic E-state index is -1.33. The van der Waals surface area contributed by atoms with Crippen molar-refractivity contribution in [3.05, 3.63) is 29.6 Å². The number of terminal acetylenes is 1. The molecule has 2 amide bonds. The molecule has 0 spiro atoms. The van der Waals surface area contributed by atoms with Gasteiger partial charge in [0.05, 0.1) is 17.3 Å². The highest BCUT2D eigenvalue weighted by Crippen LogP contribution is 2.19. The van der Waals surface area contributed by atoms with Gasteiger partial charge in [-0.05, 0) is 18.6 Å². The van der Waals surface area contributed by atoms with E-state index in [9.17, 15) is 14.0 Å². The third-order valence-electron chi connectivity index (χ3n) is 2.40. The van der Waals surface area contributed by atoms with E-state index in [1.54, 1.807) is 6.92 Å². The first-order valence-electron chi connectivity index (χ1n) is 5.55. The fourth-order valence-electron chi connectivity index (χ4n) is 1.40. The Kier molecular flexibility index (Phi) is 4.89. The van der Waals surface area contributed by atoms with Gasteiger partial charge < -0.3 is 15.7 Å². The number of carboxylic acid groups (broad SMARTS) is 1. The normalized spacial score (nSPS) is 11.2. The van der Waals surface area contributed by atoms with Crippen LogP contribution >= 0.6 is 0 Å². The van der Waals surface area contributed by atoms with Gasteiger partial charge in [0.15, 0.2) is 0 Å². The summed E-state index contributed by atoms with van der Waals surface area (Å²) < 4.78 is 13.5. The summed E-state index contributed by atoms with van der Waals surface area (Å²) in [5.74, 6) is 0.174. The van der Waals surface area contributed by atoms with Crippen LogP contribution in [0.1, 0.15) is 23.7 Å². The van der Waals surface area contributed by atoms with Crippen molar-refractivity contribution in [3.63, 3.8) is 0 Å². The van der Waals surface area contributed by atoms with E-state index in [0.717, 1.165) is 6.07 Å². The zero-order valence-corrected chi connectivity index (χ0v) is 10.2. The molecule has 0 heterocycles. The summed E-state index contributed by atoms with van der Waals surface area (Å²) in [6.45, 7) is 1.77. The minimum absolute atomic E-state index is 0.330. The van der Waals surface area contributed by atoms with Gasteiger partial charge in [-0.2, -0.15) is 0 Å². The van der Waals surface area contributed by atoms with Crippen LogP contribution in [0.15, 0.2) is 18.2 Å². The second-order valence-corrected chi connectivity index (χ2v) is 3.69. The van der Waals surface area contributed by atoms with Gasteiger partial charge >= 0.3 is 12.0 Å². The number of halogens is 1. The van der Waals surface area contributed by atoms with Crippen molar-refractivity contribution in [2.75, 3.05) is 5.32 Å². The fraction of sp³-hybridized carbons (Fsp3) is 0.231. The quantitative estimate of drug-likeness (QED) is 0.728. The molecule has 1 aromatic rings. The molecule has 6 heteroatoms. The number of urea groups is 1. The standard InChI is InChI=1S/C13H13FN2O3/c1-3-8(4-2)15-13(19)16-11-9(12(17)18)6-5-7-10(11)14/h1,5-8H,4H2,2H3,(H,17,18)(H2,15,16,19). The summed E-state index contributed by atoms with van der Waals surface area (Å²) >= 11 is 0. The number of hydrogen-bond donors (Lipinski definition) is 3. The summed E-state index contributed by atoms with van der Waals surface area (Å²) in [6.07, 6.45) is 5.68. The van der Waals surface area contributed by atoms with E-state index in [2.05, 4.69) is 16.6 Å². The molecule has 0 aromatic heterocycles. The van der Waals surface area contributed by atoms with Crippen molar-refractivity contribution >= 4 is 17.7 Å². The first-order chi connectivity index (χ1) is 8.99. The molecule has 0 radical (unpaired) electrons. The number of carboxylic acids is 1. The van der Waals surface area contributed by atoms with Crippen LogP contribution in [-0.2, 0) is 0 Å². The highest BCUT2D eigenvalue weighted by molar-refractivity contribution is 6.00. The summed E-state index contributed by atoms with van der Waals surface area (Å²) in [5.41, 5.74) is -0.719. The lowest BCUT2D eigenvalue weighted by atomic mass is 10.1. The Morgan fingerprint density at radius 2 is 2.21 bits per heavy atom. The lowest BCUT2D eigenvalue weighted by Crippen LogP contribution is -2.37. The zero-order chi connectivity index (χ0) is 14.4. The summed E-state index contributed by atoms with van der Waals surface area (Å²) in [5, 5.41) is 13.5. The second kappa shape index (κ2) is 6.40. The third kappa shape index (κ3) is 3.71. The van der Waals surface area contributed by atoms with Crippen LogP contribution in [0.2, 0.25) is 0 Å². The van der Waals surface area contributed by atoms with E-state index in [-0.39, 0.29) is 11.3 Å². The molecule has 0 aliphatic heterocycles. The molecule has 0 fully saturated rings. The van der Waals surface area contributed by atoms with Crippen molar-refractivity contribution in [3.8, 4) is 12.3 Å². The van der Waals surface area contributed by atoms with E-state index in [4.69, 9.17) is 11.5 Å². The second-order valence-electron chi connectivity index (χ2n) is 3.69. The lowest BCUT2D eigenvalue weighted by Gasteiger charge is -2.13. The summed E-state index contributed by atoms with van der Waals surface area (Å²) in [6, 6.07) is 2.25. The number of aromatic carboxylic acids is 1. The molecule has 3 N–H and O–H groups in total. The van der Waals surface area contributed by atoms with E-state index in [1.807, 2.05) is 0 Å². The molecule has 5 nitrogen and oxygen atoms in total. The van der Waals surface area contributed by atoms with Crippen LogP contribution in [0.4, 0.5) is 14.9 Å². The maximum atomic E-state index is 13.5. The average Bonchev–Trinajstić information content (AvgIpc) is 2.38. The molecule has 0 aliphatic rings. The smallest absolute Gasteiger partial charge is 0.337 e. The van der Waals surface area contributed by atoms with Crippen LogP contribution in [0.3, 0.4) is 0 Å². The van der Waals surface area contributed by atoms with Gasteiger partial charge in [-0.25, -0.2) is 14.0 Å². The van der Waals surface area contributed by atoms with Crippen molar-refractivity contribution in [2.45, 2.75) is 19.4 Å². The number of benzene rings is 1. The average molecular weight is 264 g/mol. The highest BCUT2D eigenvalue weighted by atomic mass is 19.1. The molecule has 1 atom stereocenters. The van der Waals surface area contributed by atoms with Crippen LogP contribution in [0.5, 0.6) is 0 Å². The number of nitrogens with one attached hydrogen (secondary N) is 2. The highest BCUT2D eigenvalue weighted by Gasteiger charge is 2.17. The number of anilines is 1. The fourth-order valence-corrected chi connectivity index (χ4v) is 1.40. The molecule has 0 aliphatic carbocycles. The maximum Gasteiger partial charge on any atom is 0.337 e. The van der Waals surface area contributed by atoms with E-state index in [1.165, 1.54) is 12.1 Å². The number of rotatable bonds is 4. The van der Waals surface area contributed by atoms with Gasteiger partial charge in [0, 0.05) is 0 Å². The van der Waals surface area contributed by atoms with Crippen LogP contribution < -0.4 is 10.6 Å². The van der Waals surface area contributed by atoms with Gasteiger partial charge in [-0.1, -0.05) is 18.9 Å². The van der Waals surface area contributed by atoms with Crippen LogP contribution in [-0.4, -0.2) is 23.1 Å². The third-order valence-corrected chi connectivity index (χ3v) is 2.40. The van der Waals surface area contributed by atoms with Gasteiger partial charge in [-0.3, -0.25) is 0 Å². The Hall–Kier alpha value is -2.55. The number of carbonyl (C=O) groups is 2. The van der Waals surface area contributed by atoms with Crippen molar-refractivity contribution in [1.82, 2.24) is 5.32 Å². The van der Waals surface area contributed by atoms with Crippen LogP contribution in [0.25, 0.3) is 0 Å².